The van der Waals surface area contributed by atoms with Gasteiger partial charge in [0.15, 0.2) is 0 Å². The Balaban J connectivity index is 4.65. The maximum atomic E-state index is 11.0. The molecule has 0 amide bonds. The fourth-order valence-corrected chi connectivity index (χ4v) is 1.80. The molecule has 0 unspecified atom stereocenters. The van der Waals surface area contributed by atoms with Crippen molar-refractivity contribution in [2.75, 3.05) is 7.11 Å². The Morgan fingerprint density at radius 1 is 0.571 bits per heavy atom. The summed E-state index contributed by atoms with van der Waals surface area (Å²) in [5.74, 6) is -0.364. The molecule has 0 aromatic heterocycles. The van der Waals surface area contributed by atoms with Crippen LogP contribution in [-0.4, -0.2) is 19.4 Å². The van der Waals surface area contributed by atoms with Crippen LogP contribution in [0.1, 0.15) is 27.7 Å². The van der Waals surface area contributed by atoms with E-state index >= 15 is 0 Å². The van der Waals surface area contributed by atoms with Crippen molar-refractivity contribution in [3.63, 3.8) is 0 Å². The third-order valence-corrected chi connectivity index (χ3v) is 3.39. The molecule has 0 aromatic rings. The number of rotatable bonds is 10. The van der Waals surface area contributed by atoms with Crippen molar-refractivity contribution in [3.8, 4) is 0 Å². The van der Waals surface area contributed by atoms with Gasteiger partial charge in [-0.3, -0.25) is 4.79 Å². The maximum absolute atomic E-state index is 11.0. The molecule has 0 fully saturated rings. The van der Waals surface area contributed by atoms with E-state index in [2.05, 4.69) is 4.74 Å². The van der Waals surface area contributed by atoms with Crippen molar-refractivity contribution >= 4 is 12.3 Å². The second kappa shape index (κ2) is 16.0. The standard InChI is InChI=1S/C25H30O3/c1-21(13-8-15-23(3)17-10-20-26)11-6-7-12-22(2)14-9-16-24(4)18-19-25(27)28-5/h6-20H,1-5H3/b7-6+,13-8+,14-9+,17-10+,19-18+,21-11+,22-12+,23-15+,24-16-. The summed E-state index contributed by atoms with van der Waals surface area (Å²) in [5, 5.41) is 0. The molecule has 148 valence electrons. The average molecular weight is 379 g/mol. The van der Waals surface area contributed by atoms with Crippen LogP contribution < -0.4 is 0 Å². The first-order valence-corrected chi connectivity index (χ1v) is 8.98. The molecule has 0 saturated carbocycles. The first kappa shape index (κ1) is 24.8. The highest BCUT2D eigenvalue weighted by atomic mass is 16.5. The van der Waals surface area contributed by atoms with Gasteiger partial charge < -0.3 is 4.74 Å². The number of hydrogen-bond acceptors (Lipinski definition) is 3. The number of carbonyl (C=O) groups excluding carboxylic acids is 2. The first-order valence-electron chi connectivity index (χ1n) is 8.98. The van der Waals surface area contributed by atoms with Gasteiger partial charge in [-0.25, -0.2) is 4.79 Å². The van der Waals surface area contributed by atoms with E-state index in [4.69, 9.17) is 0 Å². The maximum Gasteiger partial charge on any atom is 0.330 e. The van der Waals surface area contributed by atoms with Gasteiger partial charge in [-0.1, -0.05) is 95.2 Å². The highest BCUT2D eigenvalue weighted by Crippen LogP contribution is 2.02. The number of methoxy groups -OCH3 is 1. The van der Waals surface area contributed by atoms with E-state index in [1.54, 1.807) is 12.2 Å². The molecule has 0 rings (SSSR count). The Labute approximate surface area is 169 Å². The monoisotopic (exact) mass is 378 g/mol. The first-order chi connectivity index (χ1) is 13.4. The topological polar surface area (TPSA) is 43.4 Å². The molecule has 0 atom stereocenters. The summed E-state index contributed by atoms with van der Waals surface area (Å²) >= 11 is 0. The molecule has 0 aromatic carbocycles. The van der Waals surface area contributed by atoms with E-state index in [-0.39, 0.29) is 5.97 Å². The van der Waals surface area contributed by atoms with E-state index < -0.39 is 0 Å². The normalized spacial score (nSPS) is 15.0. The molecule has 3 nitrogen and oxygen atoms in total. The van der Waals surface area contributed by atoms with Gasteiger partial charge in [-0.15, -0.1) is 0 Å². The van der Waals surface area contributed by atoms with Crippen LogP contribution in [-0.2, 0) is 14.3 Å². The summed E-state index contributed by atoms with van der Waals surface area (Å²) < 4.78 is 4.55. The van der Waals surface area contributed by atoms with Crippen LogP contribution in [0.4, 0.5) is 0 Å². The van der Waals surface area contributed by atoms with Crippen LogP contribution in [0.15, 0.2) is 107 Å². The number of ether oxygens (including phenoxy) is 1. The molecule has 3 heteroatoms. The quantitative estimate of drug-likeness (QED) is 0.205. The second-order valence-corrected chi connectivity index (χ2v) is 6.10. The van der Waals surface area contributed by atoms with Crippen molar-refractivity contribution in [1.29, 1.82) is 0 Å². The Bertz CT molecular complexity index is 777. The zero-order chi connectivity index (χ0) is 21.2. The van der Waals surface area contributed by atoms with Gasteiger partial charge in [0, 0.05) is 6.08 Å². The smallest absolute Gasteiger partial charge is 0.330 e. The zero-order valence-electron chi connectivity index (χ0n) is 17.4. The van der Waals surface area contributed by atoms with E-state index in [1.165, 1.54) is 19.3 Å². The summed E-state index contributed by atoms with van der Waals surface area (Å²) in [7, 11) is 1.36. The summed E-state index contributed by atoms with van der Waals surface area (Å²) in [6.45, 7) is 7.90. The molecule has 0 N–H and O–H groups in total. The molecule has 28 heavy (non-hydrogen) atoms. The number of carbonyl (C=O) groups is 2. The minimum atomic E-state index is -0.364. The molecule has 0 aliphatic carbocycles. The van der Waals surface area contributed by atoms with Crippen molar-refractivity contribution in [1.82, 2.24) is 0 Å². The molecular formula is C25H30O3. The van der Waals surface area contributed by atoms with E-state index in [1.807, 2.05) is 88.5 Å². The zero-order valence-corrected chi connectivity index (χ0v) is 17.4. The van der Waals surface area contributed by atoms with Crippen LogP contribution in [0, 0.1) is 0 Å². The minimum Gasteiger partial charge on any atom is -0.466 e. The Hall–Kier alpha value is -3.20. The van der Waals surface area contributed by atoms with Gasteiger partial charge in [0.1, 0.15) is 6.29 Å². The Kier molecular flexibility index (Phi) is 14.2. The van der Waals surface area contributed by atoms with Crippen molar-refractivity contribution < 1.29 is 14.3 Å². The molecule has 0 spiro atoms. The SMILES string of the molecule is COC(=O)/C=C/C(C)=C\C=C\C(C)=C\C=C\C=C(C)\C=C\C=C(C)\C=C\C=O. The van der Waals surface area contributed by atoms with Crippen molar-refractivity contribution in [2.45, 2.75) is 27.7 Å². The number of hydrogen-bond donors (Lipinski definition) is 0. The summed E-state index contributed by atoms with van der Waals surface area (Å²) in [6.07, 6.45) is 26.9. The number of allylic oxidation sites excluding steroid dienone is 17. The number of esters is 1. The molecule has 0 heterocycles. The summed E-state index contributed by atoms with van der Waals surface area (Å²) in [5.41, 5.74) is 4.21. The molecule has 0 saturated heterocycles. The van der Waals surface area contributed by atoms with Crippen LogP contribution >= 0.6 is 0 Å². The number of aldehydes is 1. The van der Waals surface area contributed by atoms with Crippen LogP contribution in [0.3, 0.4) is 0 Å². The predicted octanol–water partition coefficient (Wildman–Crippen LogP) is 5.92. The third kappa shape index (κ3) is 15.1. The van der Waals surface area contributed by atoms with Crippen molar-refractivity contribution in [2.24, 2.45) is 0 Å². The molecule has 0 radical (unpaired) electrons. The molecule has 0 bridgehead atoms. The highest BCUT2D eigenvalue weighted by Gasteiger charge is 1.89. The lowest BCUT2D eigenvalue weighted by molar-refractivity contribution is -0.134. The van der Waals surface area contributed by atoms with Crippen molar-refractivity contribution in [3.05, 3.63) is 107 Å². The third-order valence-electron chi connectivity index (χ3n) is 3.39. The van der Waals surface area contributed by atoms with Crippen LogP contribution in [0.5, 0.6) is 0 Å². The van der Waals surface area contributed by atoms with Gasteiger partial charge in [0.2, 0.25) is 0 Å². The molecule has 0 aliphatic rings. The molecule has 0 aliphatic heterocycles. The fraction of sp³-hybridized carbons (Fsp3) is 0.200. The van der Waals surface area contributed by atoms with E-state index in [0.29, 0.717) is 0 Å². The van der Waals surface area contributed by atoms with Gasteiger partial charge in [0.25, 0.3) is 0 Å². The lowest BCUT2D eigenvalue weighted by Crippen LogP contribution is -1.93. The van der Waals surface area contributed by atoms with E-state index in [9.17, 15) is 9.59 Å². The van der Waals surface area contributed by atoms with Gasteiger partial charge in [0.05, 0.1) is 7.11 Å². The lowest BCUT2D eigenvalue weighted by atomic mass is 10.2. The van der Waals surface area contributed by atoms with Crippen LogP contribution in [0.25, 0.3) is 0 Å². The van der Waals surface area contributed by atoms with Gasteiger partial charge in [-0.05, 0) is 33.8 Å². The summed E-state index contributed by atoms with van der Waals surface area (Å²) in [4.78, 5) is 21.3. The lowest BCUT2D eigenvalue weighted by Gasteiger charge is -1.91. The molecular weight excluding hydrogens is 348 g/mol. The Morgan fingerprint density at radius 2 is 0.964 bits per heavy atom. The van der Waals surface area contributed by atoms with Gasteiger partial charge in [-0.2, -0.15) is 0 Å². The fourth-order valence-electron chi connectivity index (χ4n) is 1.80. The average Bonchev–Trinajstić information content (AvgIpc) is 2.67. The largest absolute Gasteiger partial charge is 0.466 e. The predicted molar refractivity (Wildman–Crippen MR) is 119 cm³/mol. The summed E-state index contributed by atoms with van der Waals surface area (Å²) in [6, 6.07) is 0. The minimum absolute atomic E-state index is 0.364. The van der Waals surface area contributed by atoms with Gasteiger partial charge >= 0.3 is 5.97 Å². The van der Waals surface area contributed by atoms with E-state index in [0.717, 1.165) is 28.6 Å². The highest BCUT2D eigenvalue weighted by molar-refractivity contribution is 5.82. The van der Waals surface area contributed by atoms with Crippen LogP contribution in [0.2, 0.25) is 0 Å². The second-order valence-electron chi connectivity index (χ2n) is 6.10. The Morgan fingerprint density at radius 3 is 1.39 bits per heavy atom.